The quantitative estimate of drug-likeness (QED) is 0.880. The van der Waals surface area contributed by atoms with Crippen LogP contribution in [-0.2, 0) is 22.7 Å². The van der Waals surface area contributed by atoms with Crippen LogP contribution in [0.25, 0.3) is 5.69 Å². The fourth-order valence-electron chi connectivity index (χ4n) is 2.88. The number of halogens is 1. The van der Waals surface area contributed by atoms with Crippen molar-refractivity contribution in [2.45, 2.75) is 19.3 Å². The van der Waals surface area contributed by atoms with Crippen molar-refractivity contribution in [2.24, 2.45) is 0 Å². The number of carbonyl (C=O) groups is 1. The molecule has 1 N–H and O–H groups in total. The summed E-state index contributed by atoms with van der Waals surface area (Å²) in [6.07, 6.45) is 3.43. The second kappa shape index (κ2) is 6.35. The Kier molecular flexibility index (Phi) is 4.40. The highest BCUT2D eigenvalue weighted by Crippen LogP contribution is 2.28. The summed E-state index contributed by atoms with van der Waals surface area (Å²) in [6, 6.07) is 6.28. The Morgan fingerprint density at radius 2 is 2.08 bits per heavy atom. The monoisotopic (exact) mass is 351 g/mol. The number of aromatic nitrogens is 2. The summed E-state index contributed by atoms with van der Waals surface area (Å²) in [6.45, 7) is 0.0268. The number of nitrogens with zero attached hydrogens (tertiary/aromatic N) is 2. The molecule has 1 heterocycles. The van der Waals surface area contributed by atoms with Crippen molar-refractivity contribution in [3.05, 3.63) is 47.0 Å². The number of para-hydroxylation sites is 1. The summed E-state index contributed by atoms with van der Waals surface area (Å²) in [7, 11) is -3.15. The van der Waals surface area contributed by atoms with Crippen molar-refractivity contribution in [1.29, 1.82) is 0 Å². The van der Waals surface area contributed by atoms with Crippen LogP contribution in [0.2, 0.25) is 0 Å². The van der Waals surface area contributed by atoms with E-state index in [1.165, 1.54) is 10.7 Å². The predicted molar refractivity (Wildman–Crippen MR) is 87.6 cm³/mol. The van der Waals surface area contributed by atoms with E-state index in [1.807, 2.05) is 0 Å². The van der Waals surface area contributed by atoms with E-state index in [4.69, 9.17) is 0 Å². The normalized spacial score (nSPS) is 13.8. The molecular weight excluding hydrogens is 333 g/mol. The third kappa shape index (κ3) is 3.33. The molecule has 6 nitrogen and oxygen atoms in total. The summed E-state index contributed by atoms with van der Waals surface area (Å²) in [4.78, 5) is 12.3. The minimum absolute atomic E-state index is 0.0268. The summed E-state index contributed by atoms with van der Waals surface area (Å²) in [5.41, 5.74) is 2.22. The van der Waals surface area contributed by atoms with Crippen molar-refractivity contribution < 1.29 is 17.6 Å². The van der Waals surface area contributed by atoms with E-state index in [1.54, 1.807) is 18.2 Å². The van der Waals surface area contributed by atoms with Gasteiger partial charge in [-0.2, -0.15) is 5.10 Å². The molecule has 0 bridgehead atoms. The largest absolute Gasteiger partial charge is 0.350 e. The fraction of sp³-hybridized carbons (Fsp3) is 0.375. The Bertz CT molecular complexity index is 890. The number of hydrogen-bond donors (Lipinski definition) is 1. The topological polar surface area (TPSA) is 81.1 Å². The molecule has 2 aromatic rings. The SMILES string of the molecule is CS(=O)(=O)CCNC(=O)c1nn(-c2ccccc2F)c2c1CCC2. The first-order valence-electron chi connectivity index (χ1n) is 7.68. The Morgan fingerprint density at radius 3 is 2.79 bits per heavy atom. The number of hydrogen-bond acceptors (Lipinski definition) is 4. The van der Waals surface area contributed by atoms with Gasteiger partial charge in [-0.15, -0.1) is 0 Å². The lowest BCUT2D eigenvalue weighted by Crippen LogP contribution is -2.29. The second-order valence-electron chi connectivity index (χ2n) is 5.88. The van der Waals surface area contributed by atoms with E-state index in [-0.39, 0.29) is 18.0 Å². The number of nitrogens with one attached hydrogen (secondary N) is 1. The molecule has 1 aromatic heterocycles. The van der Waals surface area contributed by atoms with Gasteiger partial charge >= 0.3 is 0 Å². The number of fused-ring (bicyclic) bond motifs is 1. The number of amides is 1. The van der Waals surface area contributed by atoms with Crippen molar-refractivity contribution in [3.63, 3.8) is 0 Å². The Hall–Kier alpha value is -2.22. The molecule has 0 saturated heterocycles. The first-order valence-corrected chi connectivity index (χ1v) is 9.74. The molecule has 0 radical (unpaired) electrons. The van der Waals surface area contributed by atoms with Gasteiger partial charge in [-0.25, -0.2) is 17.5 Å². The molecule has 1 aliphatic rings. The van der Waals surface area contributed by atoms with Crippen molar-refractivity contribution in [2.75, 3.05) is 18.6 Å². The second-order valence-corrected chi connectivity index (χ2v) is 8.14. The Balaban J connectivity index is 1.89. The molecule has 0 saturated carbocycles. The number of benzene rings is 1. The van der Waals surface area contributed by atoms with Gasteiger partial charge in [0.1, 0.15) is 21.3 Å². The maximum atomic E-state index is 14.1. The Morgan fingerprint density at radius 1 is 1.33 bits per heavy atom. The van der Waals surface area contributed by atoms with Crippen LogP contribution >= 0.6 is 0 Å². The zero-order valence-corrected chi connectivity index (χ0v) is 14.1. The molecule has 0 atom stereocenters. The smallest absolute Gasteiger partial charge is 0.272 e. The average Bonchev–Trinajstić information content (AvgIpc) is 3.08. The molecule has 3 rings (SSSR count). The van der Waals surface area contributed by atoms with Crippen molar-refractivity contribution in [3.8, 4) is 5.69 Å². The molecular formula is C16H18FN3O3S. The molecule has 1 aliphatic carbocycles. The minimum Gasteiger partial charge on any atom is -0.350 e. The highest BCUT2D eigenvalue weighted by Gasteiger charge is 2.27. The van der Waals surface area contributed by atoms with Crippen LogP contribution in [0.15, 0.2) is 24.3 Å². The summed E-state index contributed by atoms with van der Waals surface area (Å²) < 4.78 is 37.8. The van der Waals surface area contributed by atoms with Gasteiger partial charge in [-0.3, -0.25) is 4.79 Å². The first-order chi connectivity index (χ1) is 11.4. The van der Waals surface area contributed by atoms with Gasteiger partial charge in [0.2, 0.25) is 0 Å². The van der Waals surface area contributed by atoms with Gasteiger partial charge in [0.25, 0.3) is 5.91 Å². The lowest BCUT2D eigenvalue weighted by atomic mass is 10.2. The molecule has 8 heteroatoms. The fourth-order valence-corrected chi connectivity index (χ4v) is 3.35. The molecule has 0 aliphatic heterocycles. The standard InChI is InChI=1S/C16H18FN3O3S/c1-24(22,23)10-9-18-16(21)15-11-5-4-8-13(11)20(19-15)14-7-3-2-6-12(14)17/h2-3,6-7H,4-5,8-10H2,1H3,(H,18,21). The van der Waals surface area contributed by atoms with Gasteiger partial charge < -0.3 is 5.32 Å². The maximum absolute atomic E-state index is 14.1. The van der Waals surface area contributed by atoms with Gasteiger partial charge in [0, 0.05) is 24.1 Å². The minimum atomic E-state index is -3.15. The average molecular weight is 351 g/mol. The summed E-state index contributed by atoms with van der Waals surface area (Å²) >= 11 is 0. The molecule has 24 heavy (non-hydrogen) atoms. The van der Waals surface area contributed by atoms with Crippen LogP contribution in [0.3, 0.4) is 0 Å². The Labute approximate surface area is 139 Å². The molecule has 1 amide bonds. The van der Waals surface area contributed by atoms with E-state index in [2.05, 4.69) is 10.4 Å². The van der Waals surface area contributed by atoms with Crippen LogP contribution in [-0.4, -0.2) is 42.7 Å². The molecule has 0 spiro atoms. The van der Waals surface area contributed by atoms with Crippen molar-refractivity contribution >= 4 is 15.7 Å². The van der Waals surface area contributed by atoms with E-state index in [0.29, 0.717) is 12.1 Å². The van der Waals surface area contributed by atoms with E-state index >= 15 is 0 Å². The summed E-state index contributed by atoms with van der Waals surface area (Å²) in [5.74, 6) is -0.958. The molecule has 1 aromatic carbocycles. The van der Waals surface area contributed by atoms with E-state index < -0.39 is 21.6 Å². The molecule has 0 unspecified atom stereocenters. The van der Waals surface area contributed by atoms with E-state index in [0.717, 1.165) is 30.4 Å². The van der Waals surface area contributed by atoms with Gasteiger partial charge in [-0.05, 0) is 31.4 Å². The van der Waals surface area contributed by atoms with Crippen LogP contribution in [0, 0.1) is 5.82 Å². The molecule has 128 valence electrons. The van der Waals surface area contributed by atoms with Gasteiger partial charge in [-0.1, -0.05) is 12.1 Å². The lowest BCUT2D eigenvalue weighted by Gasteiger charge is -2.06. The third-order valence-corrected chi connectivity index (χ3v) is 4.93. The maximum Gasteiger partial charge on any atom is 0.272 e. The van der Waals surface area contributed by atoms with E-state index in [9.17, 15) is 17.6 Å². The van der Waals surface area contributed by atoms with Crippen LogP contribution < -0.4 is 5.32 Å². The zero-order valence-electron chi connectivity index (χ0n) is 13.3. The number of sulfone groups is 1. The summed E-state index contributed by atoms with van der Waals surface area (Å²) in [5, 5.41) is 6.87. The van der Waals surface area contributed by atoms with Crippen LogP contribution in [0.5, 0.6) is 0 Å². The number of rotatable bonds is 5. The van der Waals surface area contributed by atoms with Crippen LogP contribution in [0.4, 0.5) is 4.39 Å². The lowest BCUT2D eigenvalue weighted by molar-refractivity contribution is 0.0950. The van der Waals surface area contributed by atoms with Gasteiger partial charge in [0.05, 0.1) is 5.75 Å². The van der Waals surface area contributed by atoms with Crippen LogP contribution in [0.1, 0.15) is 28.2 Å². The zero-order chi connectivity index (χ0) is 17.3. The predicted octanol–water partition coefficient (Wildman–Crippen LogP) is 1.27. The first kappa shape index (κ1) is 16.6. The third-order valence-electron chi connectivity index (χ3n) is 3.98. The van der Waals surface area contributed by atoms with Gasteiger partial charge in [0.15, 0.2) is 5.69 Å². The van der Waals surface area contributed by atoms with Crippen molar-refractivity contribution in [1.82, 2.24) is 15.1 Å². The highest BCUT2D eigenvalue weighted by atomic mass is 32.2. The molecule has 0 fully saturated rings. The highest BCUT2D eigenvalue weighted by molar-refractivity contribution is 7.90. The number of carbonyl (C=O) groups excluding carboxylic acids is 1.